The van der Waals surface area contributed by atoms with E-state index < -0.39 is 0 Å². The Kier molecular flexibility index (Phi) is 4.59. The molecule has 6 heteroatoms. The molecule has 18 heavy (non-hydrogen) atoms. The SMILES string of the molecule is CCOC(=O)c1sc2cnc(Cl)cc2c1CCBr. The predicted molar refractivity (Wildman–Crippen MR) is 78.1 cm³/mol. The summed E-state index contributed by atoms with van der Waals surface area (Å²) in [5.41, 5.74) is 0.981. The second kappa shape index (κ2) is 5.99. The van der Waals surface area contributed by atoms with Crippen LogP contribution in [0.4, 0.5) is 0 Å². The molecule has 0 spiro atoms. The third kappa shape index (κ3) is 2.68. The number of hydrogen-bond donors (Lipinski definition) is 0. The van der Waals surface area contributed by atoms with Crippen molar-refractivity contribution in [3.8, 4) is 0 Å². The summed E-state index contributed by atoms with van der Waals surface area (Å²) in [5, 5.41) is 2.21. The molecular weight excluding hydrogens is 338 g/mol. The van der Waals surface area contributed by atoms with Gasteiger partial charge in [-0.3, -0.25) is 0 Å². The highest BCUT2D eigenvalue weighted by Crippen LogP contribution is 2.33. The summed E-state index contributed by atoms with van der Waals surface area (Å²) in [6, 6.07) is 1.80. The first kappa shape index (κ1) is 13.8. The van der Waals surface area contributed by atoms with Gasteiger partial charge in [-0.15, -0.1) is 11.3 Å². The predicted octanol–water partition coefficient (Wildman–Crippen LogP) is 4.06. The molecule has 0 amide bonds. The zero-order valence-electron chi connectivity index (χ0n) is 9.70. The molecule has 0 N–H and O–H groups in total. The Hall–Kier alpha value is -0.650. The van der Waals surface area contributed by atoms with Crippen LogP contribution in [-0.2, 0) is 11.2 Å². The van der Waals surface area contributed by atoms with E-state index >= 15 is 0 Å². The van der Waals surface area contributed by atoms with Crippen molar-refractivity contribution in [3.05, 3.63) is 27.9 Å². The van der Waals surface area contributed by atoms with Gasteiger partial charge in [0.25, 0.3) is 0 Å². The van der Waals surface area contributed by atoms with Crippen molar-refractivity contribution in [2.45, 2.75) is 13.3 Å². The van der Waals surface area contributed by atoms with Gasteiger partial charge in [0.1, 0.15) is 10.0 Å². The molecule has 2 rings (SSSR count). The molecule has 0 fully saturated rings. The number of ether oxygens (including phenoxy) is 1. The fourth-order valence-corrected chi connectivity index (χ4v) is 3.38. The second-order valence-electron chi connectivity index (χ2n) is 3.57. The molecule has 0 atom stereocenters. The third-order valence-corrected chi connectivity index (χ3v) is 4.22. The lowest BCUT2D eigenvalue weighted by Crippen LogP contribution is -2.05. The number of hydrogen-bond acceptors (Lipinski definition) is 4. The van der Waals surface area contributed by atoms with Crippen molar-refractivity contribution in [1.82, 2.24) is 4.98 Å². The van der Waals surface area contributed by atoms with Crippen molar-refractivity contribution < 1.29 is 9.53 Å². The van der Waals surface area contributed by atoms with Crippen LogP contribution < -0.4 is 0 Å². The molecule has 0 aliphatic rings. The van der Waals surface area contributed by atoms with Crippen molar-refractivity contribution in [2.75, 3.05) is 11.9 Å². The molecule has 0 radical (unpaired) electrons. The molecule has 0 aromatic carbocycles. The first-order valence-corrected chi connectivity index (χ1v) is 7.79. The molecule has 0 aliphatic heterocycles. The van der Waals surface area contributed by atoms with E-state index in [0.717, 1.165) is 27.4 Å². The Bertz CT molecular complexity index is 585. The molecule has 2 aromatic heterocycles. The fourth-order valence-electron chi connectivity index (χ4n) is 1.73. The average molecular weight is 349 g/mol. The molecule has 0 saturated heterocycles. The number of nitrogens with zero attached hydrogens (tertiary/aromatic N) is 1. The lowest BCUT2D eigenvalue weighted by molar-refractivity contribution is 0.0531. The van der Waals surface area contributed by atoms with Gasteiger partial charge in [-0.1, -0.05) is 27.5 Å². The number of aromatic nitrogens is 1. The van der Waals surface area contributed by atoms with Crippen LogP contribution in [0.15, 0.2) is 12.3 Å². The number of carbonyl (C=O) groups is 1. The van der Waals surface area contributed by atoms with Gasteiger partial charge in [0, 0.05) is 16.9 Å². The highest BCUT2D eigenvalue weighted by atomic mass is 79.9. The van der Waals surface area contributed by atoms with Crippen molar-refractivity contribution in [1.29, 1.82) is 0 Å². The summed E-state index contributed by atoms with van der Waals surface area (Å²) in [6.45, 7) is 2.17. The summed E-state index contributed by atoms with van der Waals surface area (Å²) in [7, 11) is 0. The second-order valence-corrected chi connectivity index (χ2v) is 5.80. The Morgan fingerprint density at radius 3 is 3.06 bits per heavy atom. The number of fused-ring (bicyclic) bond motifs is 1. The van der Waals surface area contributed by atoms with Crippen LogP contribution in [-0.4, -0.2) is 22.9 Å². The normalized spacial score (nSPS) is 10.8. The van der Waals surface area contributed by atoms with Gasteiger partial charge in [-0.2, -0.15) is 0 Å². The van der Waals surface area contributed by atoms with Crippen LogP contribution in [0.1, 0.15) is 22.2 Å². The van der Waals surface area contributed by atoms with Gasteiger partial charge < -0.3 is 4.74 Å². The lowest BCUT2D eigenvalue weighted by atomic mass is 10.1. The molecule has 0 aliphatic carbocycles. The van der Waals surface area contributed by atoms with E-state index in [9.17, 15) is 4.79 Å². The van der Waals surface area contributed by atoms with E-state index in [0.29, 0.717) is 16.6 Å². The maximum Gasteiger partial charge on any atom is 0.348 e. The maximum absolute atomic E-state index is 11.9. The van der Waals surface area contributed by atoms with Gasteiger partial charge in [0.2, 0.25) is 0 Å². The molecule has 0 unspecified atom stereocenters. The van der Waals surface area contributed by atoms with E-state index in [4.69, 9.17) is 16.3 Å². The summed E-state index contributed by atoms with van der Waals surface area (Å²) >= 11 is 10.7. The number of halogens is 2. The zero-order valence-corrected chi connectivity index (χ0v) is 12.9. The summed E-state index contributed by atoms with van der Waals surface area (Å²) in [5.74, 6) is -0.272. The van der Waals surface area contributed by atoms with E-state index in [1.807, 2.05) is 0 Å². The Labute approximate surface area is 122 Å². The largest absolute Gasteiger partial charge is 0.462 e. The molecule has 0 saturated carbocycles. The number of pyridine rings is 1. The van der Waals surface area contributed by atoms with E-state index in [1.165, 1.54) is 11.3 Å². The number of rotatable bonds is 4. The number of esters is 1. The number of aryl methyl sites for hydroxylation is 1. The van der Waals surface area contributed by atoms with Gasteiger partial charge in [-0.25, -0.2) is 9.78 Å². The molecule has 96 valence electrons. The van der Waals surface area contributed by atoms with Crippen LogP contribution in [0.5, 0.6) is 0 Å². The zero-order chi connectivity index (χ0) is 13.1. The Morgan fingerprint density at radius 2 is 2.39 bits per heavy atom. The lowest BCUT2D eigenvalue weighted by Gasteiger charge is -2.02. The van der Waals surface area contributed by atoms with E-state index in [-0.39, 0.29) is 5.97 Å². The Morgan fingerprint density at radius 1 is 1.61 bits per heavy atom. The van der Waals surface area contributed by atoms with Gasteiger partial charge in [-0.05, 0) is 25.0 Å². The van der Waals surface area contributed by atoms with Crippen LogP contribution in [0.2, 0.25) is 5.15 Å². The number of carbonyl (C=O) groups excluding carboxylic acids is 1. The maximum atomic E-state index is 11.9. The third-order valence-electron chi connectivity index (χ3n) is 2.45. The van der Waals surface area contributed by atoms with Crippen molar-refractivity contribution in [2.24, 2.45) is 0 Å². The fraction of sp³-hybridized carbons (Fsp3) is 0.333. The average Bonchev–Trinajstić information content (AvgIpc) is 2.69. The van der Waals surface area contributed by atoms with Gasteiger partial charge in [0.05, 0.1) is 11.3 Å². The molecule has 3 nitrogen and oxygen atoms in total. The van der Waals surface area contributed by atoms with Gasteiger partial charge >= 0.3 is 5.97 Å². The van der Waals surface area contributed by atoms with Crippen LogP contribution in [0, 0.1) is 0 Å². The first-order valence-electron chi connectivity index (χ1n) is 5.47. The first-order chi connectivity index (χ1) is 8.67. The van der Waals surface area contributed by atoms with E-state index in [2.05, 4.69) is 20.9 Å². The molecule has 2 heterocycles. The highest BCUT2D eigenvalue weighted by Gasteiger charge is 2.19. The summed E-state index contributed by atoms with van der Waals surface area (Å²) in [6.07, 6.45) is 2.46. The smallest absolute Gasteiger partial charge is 0.348 e. The van der Waals surface area contributed by atoms with Crippen LogP contribution in [0.3, 0.4) is 0 Å². The summed E-state index contributed by atoms with van der Waals surface area (Å²) in [4.78, 5) is 16.6. The number of thiophene rings is 1. The van der Waals surface area contributed by atoms with Crippen LogP contribution in [0.25, 0.3) is 10.1 Å². The van der Waals surface area contributed by atoms with Crippen molar-refractivity contribution in [3.63, 3.8) is 0 Å². The Balaban J connectivity index is 2.57. The standard InChI is InChI=1S/C12H11BrClNO2S/c1-2-17-12(16)11-7(3-4-13)8-5-10(14)15-6-9(8)18-11/h5-6H,2-4H2,1H3. The molecule has 2 aromatic rings. The number of alkyl halides is 1. The molecule has 0 bridgehead atoms. The van der Waals surface area contributed by atoms with Crippen molar-refractivity contribution >= 4 is 54.9 Å². The highest BCUT2D eigenvalue weighted by molar-refractivity contribution is 9.09. The summed E-state index contributed by atoms with van der Waals surface area (Å²) < 4.78 is 6.03. The quantitative estimate of drug-likeness (QED) is 0.475. The minimum absolute atomic E-state index is 0.272. The monoisotopic (exact) mass is 347 g/mol. The van der Waals surface area contributed by atoms with Crippen LogP contribution >= 0.6 is 38.9 Å². The minimum atomic E-state index is -0.272. The molecular formula is C12H11BrClNO2S. The topological polar surface area (TPSA) is 39.2 Å². The van der Waals surface area contributed by atoms with Gasteiger partial charge in [0.15, 0.2) is 0 Å². The minimum Gasteiger partial charge on any atom is -0.462 e. The van der Waals surface area contributed by atoms with E-state index in [1.54, 1.807) is 19.2 Å².